The van der Waals surface area contributed by atoms with Gasteiger partial charge in [0.05, 0.1) is 5.69 Å². The van der Waals surface area contributed by atoms with Gasteiger partial charge >= 0.3 is 0 Å². The molecular formula is C12H15N3S. The number of rotatable bonds is 1. The molecule has 0 radical (unpaired) electrons. The molecule has 2 atom stereocenters. The third kappa shape index (κ3) is 1.15. The lowest BCUT2D eigenvalue weighted by Crippen LogP contribution is -2.25. The summed E-state index contributed by atoms with van der Waals surface area (Å²) in [6.07, 6.45) is 0. The molecule has 16 heavy (non-hydrogen) atoms. The van der Waals surface area contributed by atoms with Gasteiger partial charge in [-0.3, -0.25) is 0 Å². The van der Waals surface area contributed by atoms with Crippen LogP contribution in [0.5, 0.6) is 0 Å². The first-order valence-electron chi connectivity index (χ1n) is 5.67. The second-order valence-electron chi connectivity index (χ2n) is 5.50. The van der Waals surface area contributed by atoms with Crippen molar-refractivity contribution in [1.82, 2.24) is 4.37 Å². The van der Waals surface area contributed by atoms with E-state index in [1.807, 2.05) is 6.92 Å². The summed E-state index contributed by atoms with van der Waals surface area (Å²) in [7, 11) is 0. The fourth-order valence-electron chi connectivity index (χ4n) is 3.00. The first-order valence-corrected chi connectivity index (χ1v) is 6.44. The zero-order valence-electron chi connectivity index (χ0n) is 9.82. The Morgan fingerprint density at radius 2 is 2.06 bits per heavy atom. The van der Waals surface area contributed by atoms with Gasteiger partial charge in [-0.25, -0.2) is 0 Å². The van der Waals surface area contributed by atoms with Crippen LogP contribution in [0.25, 0.3) is 0 Å². The number of nitriles is 1. The zero-order valence-corrected chi connectivity index (χ0v) is 10.6. The third-order valence-corrected chi connectivity index (χ3v) is 5.37. The first kappa shape index (κ1) is 10.1. The summed E-state index contributed by atoms with van der Waals surface area (Å²) >= 11 is 1.47. The van der Waals surface area contributed by atoms with Crippen molar-refractivity contribution in [2.75, 3.05) is 18.0 Å². The van der Waals surface area contributed by atoms with Gasteiger partial charge in [0.1, 0.15) is 16.6 Å². The van der Waals surface area contributed by atoms with Gasteiger partial charge in [0.2, 0.25) is 0 Å². The molecule has 1 saturated carbocycles. The molecule has 1 saturated heterocycles. The van der Waals surface area contributed by atoms with Crippen LogP contribution in [0.2, 0.25) is 0 Å². The predicted octanol–water partition coefficient (Wildman–Crippen LogP) is 2.42. The van der Waals surface area contributed by atoms with Crippen molar-refractivity contribution in [1.29, 1.82) is 5.26 Å². The molecule has 1 aliphatic carbocycles. The molecule has 4 heteroatoms. The normalized spacial score (nSPS) is 30.0. The molecule has 0 bridgehead atoms. The van der Waals surface area contributed by atoms with Crippen molar-refractivity contribution in [3.63, 3.8) is 0 Å². The Balaban J connectivity index is 1.84. The maximum atomic E-state index is 9.12. The summed E-state index contributed by atoms with van der Waals surface area (Å²) < 4.78 is 4.29. The van der Waals surface area contributed by atoms with E-state index >= 15 is 0 Å². The SMILES string of the molecule is Cc1nsc(N2CC3C(C2)C3(C)C)c1C#N. The van der Waals surface area contributed by atoms with E-state index in [1.54, 1.807) is 0 Å². The van der Waals surface area contributed by atoms with E-state index in [0.717, 1.165) is 41.2 Å². The molecule has 1 aromatic rings. The van der Waals surface area contributed by atoms with Crippen molar-refractivity contribution in [2.45, 2.75) is 20.8 Å². The second kappa shape index (κ2) is 2.98. The molecule has 84 valence electrons. The van der Waals surface area contributed by atoms with Crippen LogP contribution in [0.4, 0.5) is 5.00 Å². The molecule has 0 aromatic carbocycles. The van der Waals surface area contributed by atoms with Crippen LogP contribution in [-0.4, -0.2) is 17.5 Å². The number of anilines is 1. The fourth-order valence-corrected chi connectivity index (χ4v) is 3.86. The minimum atomic E-state index is 0.531. The Hall–Kier alpha value is -1.08. The molecule has 0 amide bonds. The number of fused-ring (bicyclic) bond motifs is 1. The molecule has 0 N–H and O–H groups in total. The lowest BCUT2D eigenvalue weighted by atomic mass is 10.1. The molecular weight excluding hydrogens is 218 g/mol. The highest BCUT2D eigenvalue weighted by atomic mass is 32.1. The van der Waals surface area contributed by atoms with Crippen molar-refractivity contribution in [3.05, 3.63) is 11.3 Å². The summed E-state index contributed by atoms with van der Waals surface area (Å²) in [5.74, 6) is 1.64. The lowest BCUT2D eigenvalue weighted by Gasteiger charge is -2.22. The predicted molar refractivity (Wildman–Crippen MR) is 64.5 cm³/mol. The van der Waals surface area contributed by atoms with Gasteiger partial charge in [0.25, 0.3) is 0 Å². The van der Waals surface area contributed by atoms with E-state index in [2.05, 4.69) is 29.2 Å². The fraction of sp³-hybridized carbons (Fsp3) is 0.667. The highest BCUT2D eigenvalue weighted by Crippen LogP contribution is 2.62. The van der Waals surface area contributed by atoms with Gasteiger partial charge in [-0.15, -0.1) is 0 Å². The van der Waals surface area contributed by atoms with Gasteiger partial charge < -0.3 is 4.90 Å². The highest BCUT2D eigenvalue weighted by Gasteiger charge is 2.62. The molecule has 3 rings (SSSR count). The Bertz CT molecular complexity index is 469. The maximum Gasteiger partial charge on any atom is 0.130 e. The smallest absolute Gasteiger partial charge is 0.130 e. The minimum Gasteiger partial charge on any atom is -0.360 e. The summed E-state index contributed by atoms with van der Waals surface area (Å²) in [5.41, 5.74) is 2.19. The van der Waals surface area contributed by atoms with Crippen LogP contribution in [-0.2, 0) is 0 Å². The Morgan fingerprint density at radius 3 is 2.62 bits per heavy atom. The standard InChI is InChI=1S/C12H15N3S/c1-7-8(4-13)11(16-14-7)15-5-9-10(6-15)12(9,2)3/h9-10H,5-6H2,1-3H3. The largest absolute Gasteiger partial charge is 0.360 e. The van der Waals surface area contributed by atoms with Crippen LogP contribution < -0.4 is 4.90 Å². The number of aryl methyl sites for hydroxylation is 1. The van der Waals surface area contributed by atoms with Gasteiger partial charge in [0.15, 0.2) is 0 Å². The molecule has 2 unspecified atom stereocenters. The topological polar surface area (TPSA) is 39.9 Å². The Morgan fingerprint density at radius 1 is 1.44 bits per heavy atom. The lowest BCUT2D eigenvalue weighted by molar-refractivity contribution is 0.500. The van der Waals surface area contributed by atoms with E-state index in [9.17, 15) is 0 Å². The quantitative estimate of drug-likeness (QED) is 0.748. The highest BCUT2D eigenvalue weighted by molar-refractivity contribution is 7.10. The van der Waals surface area contributed by atoms with Crippen molar-refractivity contribution < 1.29 is 0 Å². The Labute approximate surface area is 99.9 Å². The number of aromatic nitrogens is 1. The molecule has 2 aliphatic rings. The van der Waals surface area contributed by atoms with E-state index in [1.165, 1.54) is 11.5 Å². The van der Waals surface area contributed by atoms with Gasteiger partial charge in [0, 0.05) is 13.1 Å². The number of piperidine rings is 1. The van der Waals surface area contributed by atoms with Crippen LogP contribution in [0.1, 0.15) is 25.1 Å². The average molecular weight is 233 g/mol. The van der Waals surface area contributed by atoms with Crippen LogP contribution in [0, 0.1) is 35.5 Å². The molecule has 2 heterocycles. The van der Waals surface area contributed by atoms with Crippen molar-refractivity contribution in [3.8, 4) is 6.07 Å². The van der Waals surface area contributed by atoms with Crippen molar-refractivity contribution in [2.24, 2.45) is 17.3 Å². The third-order valence-electron chi connectivity index (χ3n) is 4.37. The molecule has 1 aromatic heterocycles. The van der Waals surface area contributed by atoms with Gasteiger partial charge in [-0.05, 0) is 35.7 Å². The van der Waals surface area contributed by atoms with Gasteiger partial charge in [-0.1, -0.05) is 13.8 Å². The average Bonchev–Trinajstić information content (AvgIpc) is 2.67. The maximum absolute atomic E-state index is 9.12. The minimum absolute atomic E-state index is 0.531. The molecule has 3 nitrogen and oxygen atoms in total. The number of hydrogen-bond acceptors (Lipinski definition) is 4. The number of nitrogens with zero attached hydrogens (tertiary/aromatic N) is 3. The Kier molecular flexibility index (Phi) is 1.88. The first-order chi connectivity index (χ1) is 7.55. The van der Waals surface area contributed by atoms with Gasteiger partial charge in [-0.2, -0.15) is 9.64 Å². The summed E-state index contributed by atoms with van der Waals surface area (Å²) in [4.78, 5) is 2.35. The molecule has 0 spiro atoms. The number of hydrogen-bond donors (Lipinski definition) is 0. The summed E-state index contributed by atoms with van der Waals surface area (Å²) in [6, 6.07) is 2.28. The van der Waals surface area contributed by atoms with Crippen molar-refractivity contribution >= 4 is 16.5 Å². The second-order valence-corrected chi connectivity index (χ2v) is 6.25. The van der Waals surface area contributed by atoms with E-state index in [4.69, 9.17) is 5.26 Å². The van der Waals surface area contributed by atoms with E-state index in [-0.39, 0.29) is 0 Å². The van der Waals surface area contributed by atoms with Crippen LogP contribution in [0.15, 0.2) is 0 Å². The monoisotopic (exact) mass is 233 g/mol. The van der Waals surface area contributed by atoms with Crippen LogP contribution in [0.3, 0.4) is 0 Å². The molecule has 1 aliphatic heterocycles. The van der Waals surface area contributed by atoms with Crippen LogP contribution >= 0.6 is 11.5 Å². The summed E-state index contributed by atoms with van der Waals surface area (Å²) in [6.45, 7) is 8.83. The van der Waals surface area contributed by atoms with E-state index in [0.29, 0.717) is 5.41 Å². The zero-order chi connectivity index (χ0) is 11.5. The summed E-state index contributed by atoms with van der Waals surface area (Å²) in [5, 5.41) is 10.2. The van der Waals surface area contributed by atoms with E-state index < -0.39 is 0 Å². The molecule has 2 fully saturated rings.